The van der Waals surface area contributed by atoms with Gasteiger partial charge in [0.05, 0.1) is 19.0 Å². The van der Waals surface area contributed by atoms with Crippen molar-refractivity contribution in [1.82, 2.24) is 4.98 Å². The zero-order valence-corrected chi connectivity index (χ0v) is 11.4. The number of hydrogen-bond donors (Lipinski definition) is 1. The molecule has 0 saturated carbocycles. The number of carbonyl (C=O) groups excluding carboxylic acids is 1. The summed E-state index contributed by atoms with van der Waals surface area (Å²) in [7, 11) is 1.35. The van der Waals surface area contributed by atoms with Crippen LogP contribution >= 0.6 is 0 Å². The number of pyridine rings is 1. The minimum atomic E-state index is -1.15. The fraction of sp³-hybridized carbons (Fsp3) is 0.214. The standard InChI is InChI=1S/C11H7F2NO2.C3H6O2/c12-8-5-7-3-6(4-10(15)16)1-2-9(7)14-11(8)13;1-3(4)5-2/h1-3,5H,4H2,(H,15,16);1-2H3. The number of carboxylic acid groups (broad SMARTS) is 1. The maximum Gasteiger partial charge on any atom is 0.307 e. The van der Waals surface area contributed by atoms with Crippen molar-refractivity contribution in [3.05, 3.63) is 41.6 Å². The lowest BCUT2D eigenvalue weighted by molar-refractivity contribution is -0.138. The summed E-state index contributed by atoms with van der Waals surface area (Å²) in [6, 6.07) is 5.49. The number of esters is 1. The van der Waals surface area contributed by atoms with Gasteiger partial charge in [0.2, 0.25) is 5.95 Å². The van der Waals surface area contributed by atoms with Gasteiger partial charge in [-0.1, -0.05) is 6.07 Å². The first kappa shape index (κ1) is 16.5. The molecule has 0 amide bonds. The molecule has 112 valence electrons. The number of aromatic nitrogens is 1. The third-order valence-electron chi connectivity index (χ3n) is 2.43. The lowest BCUT2D eigenvalue weighted by atomic mass is 10.1. The quantitative estimate of drug-likeness (QED) is 0.680. The van der Waals surface area contributed by atoms with Crippen molar-refractivity contribution in [2.45, 2.75) is 13.3 Å². The maximum absolute atomic E-state index is 12.9. The molecule has 1 heterocycles. The van der Waals surface area contributed by atoms with Gasteiger partial charge in [0.15, 0.2) is 5.82 Å². The van der Waals surface area contributed by atoms with Crippen LogP contribution in [-0.2, 0) is 20.7 Å². The first-order valence-electron chi connectivity index (χ1n) is 5.84. The van der Waals surface area contributed by atoms with E-state index in [1.54, 1.807) is 0 Å². The van der Waals surface area contributed by atoms with Crippen molar-refractivity contribution in [1.29, 1.82) is 0 Å². The molecule has 2 rings (SSSR count). The molecule has 0 spiro atoms. The smallest absolute Gasteiger partial charge is 0.307 e. The summed E-state index contributed by atoms with van der Waals surface area (Å²) in [5, 5.41) is 8.97. The van der Waals surface area contributed by atoms with Crippen LogP contribution < -0.4 is 0 Å². The van der Waals surface area contributed by atoms with E-state index in [-0.39, 0.29) is 12.4 Å². The topological polar surface area (TPSA) is 76.5 Å². The Labute approximate surface area is 119 Å². The molecule has 0 aliphatic carbocycles. The molecule has 0 bridgehead atoms. The SMILES string of the molecule is COC(C)=O.O=C(O)Cc1ccc2nc(F)c(F)cc2c1. The Balaban J connectivity index is 0.000000383. The molecule has 1 aromatic carbocycles. The lowest BCUT2D eigenvalue weighted by Crippen LogP contribution is -2.00. The van der Waals surface area contributed by atoms with E-state index in [1.807, 2.05) is 0 Å². The van der Waals surface area contributed by atoms with Gasteiger partial charge < -0.3 is 9.84 Å². The number of carbonyl (C=O) groups is 2. The predicted octanol–water partition coefficient (Wildman–Crippen LogP) is 2.32. The number of halogens is 2. The van der Waals surface area contributed by atoms with Gasteiger partial charge in [0.25, 0.3) is 0 Å². The van der Waals surface area contributed by atoms with Gasteiger partial charge in [-0.15, -0.1) is 0 Å². The van der Waals surface area contributed by atoms with Gasteiger partial charge in [0, 0.05) is 12.3 Å². The molecule has 0 saturated heterocycles. The highest BCUT2D eigenvalue weighted by atomic mass is 19.2. The summed E-state index contributed by atoms with van der Waals surface area (Å²) >= 11 is 0. The van der Waals surface area contributed by atoms with E-state index in [2.05, 4.69) is 9.72 Å². The fourth-order valence-electron chi connectivity index (χ4n) is 1.46. The molecule has 0 aliphatic heterocycles. The molecule has 0 fully saturated rings. The van der Waals surface area contributed by atoms with Gasteiger partial charge in [0.1, 0.15) is 0 Å². The Kier molecular flexibility index (Phi) is 5.71. The monoisotopic (exact) mass is 297 g/mol. The van der Waals surface area contributed by atoms with Crippen molar-refractivity contribution in [3.8, 4) is 0 Å². The second kappa shape index (κ2) is 7.28. The highest BCUT2D eigenvalue weighted by Crippen LogP contribution is 2.17. The Bertz CT molecular complexity index is 673. The van der Waals surface area contributed by atoms with Crippen LogP contribution in [0.5, 0.6) is 0 Å². The van der Waals surface area contributed by atoms with Crippen molar-refractivity contribution >= 4 is 22.8 Å². The highest BCUT2D eigenvalue weighted by Gasteiger charge is 2.07. The van der Waals surface area contributed by atoms with Crippen molar-refractivity contribution < 1.29 is 28.2 Å². The van der Waals surface area contributed by atoms with Crippen LogP contribution in [0.2, 0.25) is 0 Å². The zero-order chi connectivity index (χ0) is 16.0. The van der Waals surface area contributed by atoms with E-state index >= 15 is 0 Å². The number of methoxy groups -OCH3 is 1. The minimum Gasteiger partial charge on any atom is -0.481 e. The summed E-state index contributed by atoms with van der Waals surface area (Å²) in [6.07, 6.45) is -0.158. The second-order valence-electron chi connectivity index (χ2n) is 4.05. The molecule has 2 aromatic rings. The normalized spacial score (nSPS) is 9.71. The summed E-state index contributed by atoms with van der Waals surface area (Å²) in [6.45, 7) is 1.36. The number of carboxylic acids is 1. The zero-order valence-electron chi connectivity index (χ0n) is 11.4. The van der Waals surface area contributed by atoms with E-state index in [4.69, 9.17) is 5.11 Å². The van der Waals surface area contributed by atoms with Crippen molar-refractivity contribution in [3.63, 3.8) is 0 Å². The summed E-state index contributed by atoms with van der Waals surface area (Å²) in [4.78, 5) is 23.5. The van der Waals surface area contributed by atoms with Crippen LogP contribution in [0, 0.1) is 11.8 Å². The van der Waals surface area contributed by atoms with Crippen LogP contribution in [0.15, 0.2) is 24.3 Å². The third-order valence-corrected chi connectivity index (χ3v) is 2.43. The molecule has 0 atom stereocenters. The summed E-state index contributed by atoms with van der Waals surface area (Å²) in [5.41, 5.74) is 0.820. The predicted molar refractivity (Wildman–Crippen MR) is 70.7 cm³/mol. The molecular weight excluding hydrogens is 284 g/mol. The molecule has 1 N–H and O–H groups in total. The average molecular weight is 297 g/mol. The van der Waals surface area contributed by atoms with Gasteiger partial charge in [-0.05, 0) is 23.8 Å². The fourth-order valence-corrected chi connectivity index (χ4v) is 1.46. The summed E-state index contributed by atoms with van der Waals surface area (Å²) in [5.74, 6) is -3.42. The van der Waals surface area contributed by atoms with E-state index in [0.29, 0.717) is 16.5 Å². The third kappa shape index (κ3) is 5.13. The van der Waals surface area contributed by atoms with Crippen molar-refractivity contribution in [2.75, 3.05) is 7.11 Å². The Morgan fingerprint density at radius 2 is 1.90 bits per heavy atom. The highest BCUT2D eigenvalue weighted by molar-refractivity contribution is 5.81. The van der Waals surface area contributed by atoms with Crippen LogP contribution in [-0.4, -0.2) is 29.1 Å². The molecule has 5 nitrogen and oxygen atoms in total. The molecule has 0 aliphatic rings. The van der Waals surface area contributed by atoms with Gasteiger partial charge in [-0.2, -0.15) is 4.39 Å². The second-order valence-corrected chi connectivity index (χ2v) is 4.05. The Morgan fingerprint density at radius 1 is 1.29 bits per heavy atom. The van der Waals surface area contributed by atoms with Gasteiger partial charge in [-0.25, -0.2) is 9.37 Å². The first-order chi connectivity index (χ1) is 9.83. The van der Waals surface area contributed by atoms with Crippen LogP contribution in [0.3, 0.4) is 0 Å². The Morgan fingerprint density at radius 3 is 2.43 bits per heavy atom. The number of aliphatic carboxylic acids is 1. The van der Waals surface area contributed by atoms with E-state index in [1.165, 1.54) is 32.2 Å². The number of nitrogens with zero attached hydrogens (tertiary/aromatic N) is 1. The van der Waals surface area contributed by atoms with E-state index < -0.39 is 17.7 Å². The number of benzene rings is 1. The minimum absolute atomic E-state index is 0.158. The van der Waals surface area contributed by atoms with Crippen molar-refractivity contribution in [2.24, 2.45) is 0 Å². The number of fused-ring (bicyclic) bond motifs is 1. The Hall–Kier alpha value is -2.57. The van der Waals surface area contributed by atoms with E-state index in [9.17, 15) is 18.4 Å². The molecule has 1 aromatic heterocycles. The largest absolute Gasteiger partial charge is 0.481 e. The van der Waals surface area contributed by atoms with E-state index in [0.717, 1.165) is 6.07 Å². The van der Waals surface area contributed by atoms with Gasteiger partial charge in [-0.3, -0.25) is 9.59 Å². The van der Waals surface area contributed by atoms with Gasteiger partial charge >= 0.3 is 11.9 Å². The number of rotatable bonds is 2. The average Bonchev–Trinajstić information content (AvgIpc) is 2.40. The first-order valence-corrected chi connectivity index (χ1v) is 5.84. The van der Waals surface area contributed by atoms with Crippen LogP contribution in [0.4, 0.5) is 8.78 Å². The van der Waals surface area contributed by atoms with Crippen LogP contribution in [0.25, 0.3) is 10.9 Å². The molecular formula is C14H13F2NO4. The van der Waals surface area contributed by atoms with Crippen LogP contribution in [0.1, 0.15) is 12.5 Å². The number of ether oxygens (including phenoxy) is 1. The lowest BCUT2D eigenvalue weighted by Gasteiger charge is -2.01. The molecule has 7 heteroatoms. The maximum atomic E-state index is 12.9. The molecule has 0 radical (unpaired) electrons. The molecule has 21 heavy (non-hydrogen) atoms. The number of hydrogen-bond acceptors (Lipinski definition) is 4. The summed E-state index contributed by atoms with van der Waals surface area (Å²) < 4.78 is 29.8. The molecule has 0 unspecified atom stereocenters.